The third-order valence-corrected chi connectivity index (χ3v) is 7.57. The van der Waals surface area contributed by atoms with Crippen LogP contribution in [0.2, 0.25) is 0 Å². The van der Waals surface area contributed by atoms with Gasteiger partial charge in [0.2, 0.25) is 5.91 Å². The Hall–Kier alpha value is -2.40. The molecule has 1 amide bonds. The van der Waals surface area contributed by atoms with E-state index in [0.717, 1.165) is 12.2 Å². The zero-order valence-electron chi connectivity index (χ0n) is 32.4. The number of carbonyl (C=O) groups excluding carboxylic acids is 1. The number of benzene rings is 1. The maximum atomic E-state index is 11.4. The molecule has 0 saturated heterocycles. The lowest BCUT2D eigenvalue weighted by Crippen LogP contribution is -2.25. The van der Waals surface area contributed by atoms with Crippen LogP contribution in [0.3, 0.4) is 0 Å². The molecule has 53 heavy (non-hydrogen) atoms. The van der Waals surface area contributed by atoms with Crippen LogP contribution in [0.4, 0.5) is 0 Å². The van der Waals surface area contributed by atoms with Crippen molar-refractivity contribution in [3.8, 4) is 5.75 Å². The molecular formula is C39H69NO13. The van der Waals surface area contributed by atoms with Crippen LogP contribution in [0.1, 0.15) is 70.3 Å². The van der Waals surface area contributed by atoms with E-state index in [1.165, 1.54) is 44.1 Å². The number of rotatable bonds is 42. The number of aliphatic carboxylic acids is 1. The number of unbranched alkanes of at least 4 members (excludes halogenated alkanes) is 5. The fourth-order valence-electron chi connectivity index (χ4n) is 4.65. The monoisotopic (exact) mass is 759 g/mol. The first kappa shape index (κ1) is 48.6. The van der Waals surface area contributed by atoms with Gasteiger partial charge in [-0.15, -0.1) is 0 Å². The highest BCUT2D eigenvalue weighted by Crippen LogP contribution is 2.15. The number of hydrogen-bond acceptors (Lipinski definition) is 12. The van der Waals surface area contributed by atoms with Crippen molar-refractivity contribution >= 4 is 11.9 Å². The molecule has 14 heteroatoms. The summed E-state index contributed by atoms with van der Waals surface area (Å²) in [5.74, 6) is -0.369. The van der Waals surface area contributed by atoms with Gasteiger partial charge in [-0.3, -0.25) is 9.59 Å². The van der Waals surface area contributed by atoms with Crippen molar-refractivity contribution in [3.05, 3.63) is 29.8 Å². The van der Waals surface area contributed by atoms with Crippen molar-refractivity contribution in [1.82, 2.24) is 5.32 Å². The van der Waals surface area contributed by atoms with Gasteiger partial charge in [-0.05, 0) is 37.0 Å². The summed E-state index contributed by atoms with van der Waals surface area (Å²) in [6, 6.07) is 8.41. The van der Waals surface area contributed by atoms with Crippen LogP contribution in [0.25, 0.3) is 0 Å². The Morgan fingerprint density at radius 1 is 0.491 bits per heavy atom. The molecule has 0 fully saturated rings. The van der Waals surface area contributed by atoms with Crippen molar-refractivity contribution in [2.24, 2.45) is 0 Å². The Bertz CT molecular complexity index is 938. The first-order valence-electron chi connectivity index (χ1n) is 19.5. The van der Waals surface area contributed by atoms with E-state index in [4.69, 9.17) is 52.5 Å². The highest BCUT2D eigenvalue weighted by atomic mass is 16.6. The van der Waals surface area contributed by atoms with E-state index in [-0.39, 0.29) is 18.7 Å². The summed E-state index contributed by atoms with van der Waals surface area (Å²) >= 11 is 0. The Labute approximate surface area is 317 Å². The van der Waals surface area contributed by atoms with Crippen LogP contribution in [0.15, 0.2) is 24.3 Å². The highest BCUT2D eigenvalue weighted by Gasteiger charge is 2.04. The van der Waals surface area contributed by atoms with E-state index < -0.39 is 5.97 Å². The Balaban J connectivity index is 1.69. The normalized spacial score (nSPS) is 11.3. The van der Waals surface area contributed by atoms with Crippen LogP contribution in [-0.2, 0) is 58.6 Å². The van der Waals surface area contributed by atoms with Crippen LogP contribution >= 0.6 is 0 Å². The molecule has 1 aromatic carbocycles. The molecule has 1 aromatic rings. The van der Waals surface area contributed by atoms with Gasteiger partial charge in [0.15, 0.2) is 0 Å². The average molecular weight is 760 g/mol. The standard InChI is InChI=1S/C39H69NO13/c1-2-3-4-5-6-7-9-36-10-12-37(13-11-36)53-35-34-52-33-32-51-31-30-50-29-28-49-27-26-48-25-24-47-23-22-46-21-20-45-19-18-44-17-8-16-40-38(41)14-15-39(42)43/h10-13H,2-9,14-35H2,1H3,(H,40,41)(H,42,43). The van der Waals surface area contributed by atoms with Gasteiger partial charge in [0.25, 0.3) is 0 Å². The van der Waals surface area contributed by atoms with E-state index in [1.807, 2.05) is 12.1 Å². The molecule has 1 rings (SSSR count). The second kappa shape index (κ2) is 39.3. The topological polar surface area (TPSA) is 159 Å². The summed E-state index contributed by atoms with van der Waals surface area (Å²) in [5, 5.41) is 11.2. The van der Waals surface area contributed by atoms with Crippen LogP contribution in [-0.4, -0.2) is 149 Å². The maximum absolute atomic E-state index is 11.4. The van der Waals surface area contributed by atoms with Crippen molar-refractivity contribution in [1.29, 1.82) is 0 Å². The number of amides is 1. The summed E-state index contributed by atoms with van der Waals surface area (Å²) in [4.78, 5) is 21.8. The summed E-state index contributed by atoms with van der Waals surface area (Å²) in [6.45, 7) is 12.0. The fourth-order valence-corrected chi connectivity index (χ4v) is 4.65. The Morgan fingerprint density at radius 3 is 1.32 bits per heavy atom. The van der Waals surface area contributed by atoms with Crippen LogP contribution in [0, 0.1) is 0 Å². The third-order valence-electron chi connectivity index (χ3n) is 7.57. The van der Waals surface area contributed by atoms with E-state index in [9.17, 15) is 9.59 Å². The summed E-state index contributed by atoms with van der Waals surface area (Å²) < 4.78 is 55.2. The Morgan fingerprint density at radius 2 is 0.887 bits per heavy atom. The summed E-state index contributed by atoms with van der Waals surface area (Å²) in [6.07, 6.45) is 9.53. The van der Waals surface area contributed by atoms with Gasteiger partial charge in [-0.1, -0.05) is 51.2 Å². The zero-order valence-corrected chi connectivity index (χ0v) is 32.4. The first-order valence-corrected chi connectivity index (χ1v) is 19.5. The van der Waals surface area contributed by atoms with E-state index >= 15 is 0 Å². The predicted molar refractivity (Wildman–Crippen MR) is 201 cm³/mol. The summed E-state index contributed by atoms with van der Waals surface area (Å²) in [7, 11) is 0. The molecule has 2 N–H and O–H groups in total. The second-order valence-corrected chi connectivity index (χ2v) is 12.1. The smallest absolute Gasteiger partial charge is 0.303 e. The van der Waals surface area contributed by atoms with Gasteiger partial charge >= 0.3 is 5.97 Å². The third kappa shape index (κ3) is 36.4. The Kier molecular flexibility index (Phi) is 36.1. The zero-order chi connectivity index (χ0) is 38.1. The molecule has 0 heterocycles. The van der Waals surface area contributed by atoms with Crippen LogP contribution in [0.5, 0.6) is 5.75 Å². The molecule has 0 aliphatic carbocycles. The lowest BCUT2D eigenvalue weighted by molar-refractivity contribution is -0.138. The largest absolute Gasteiger partial charge is 0.491 e. The molecule has 0 saturated carbocycles. The minimum absolute atomic E-state index is 0.00910. The SMILES string of the molecule is CCCCCCCCc1ccc(OCCOCCOCCOCCOCCOCCOCCOCCOCCOCCCNC(=O)CCC(=O)O)cc1. The van der Waals surface area contributed by atoms with Crippen molar-refractivity contribution in [3.63, 3.8) is 0 Å². The lowest BCUT2D eigenvalue weighted by Gasteiger charge is -2.09. The maximum Gasteiger partial charge on any atom is 0.303 e. The first-order chi connectivity index (χ1) is 26.1. The van der Waals surface area contributed by atoms with E-state index in [1.54, 1.807) is 0 Å². The molecule has 0 aromatic heterocycles. The van der Waals surface area contributed by atoms with Gasteiger partial charge in [0, 0.05) is 19.6 Å². The molecule has 0 unspecified atom stereocenters. The van der Waals surface area contributed by atoms with E-state index in [2.05, 4.69) is 24.4 Å². The minimum Gasteiger partial charge on any atom is -0.491 e. The summed E-state index contributed by atoms with van der Waals surface area (Å²) in [5.41, 5.74) is 1.37. The van der Waals surface area contributed by atoms with Crippen molar-refractivity contribution in [2.75, 3.05) is 132 Å². The average Bonchev–Trinajstić information content (AvgIpc) is 3.16. The van der Waals surface area contributed by atoms with Gasteiger partial charge in [0.1, 0.15) is 12.4 Å². The number of ether oxygens (including phenoxy) is 10. The molecule has 308 valence electrons. The number of aryl methyl sites for hydroxylation is 1. The molecule has 0 radical (unpaired) electrons. The quantitative estimate of drug-likeness (QED) is 0.0900. The minimum atomic E-state index is -0.981. The van der Waals surface area contributed by atoms with Crippen molar-refractivity contribution in [2.45, 2.75) is 71.1 Å². The number of nitrogens with one attached hydrogen (secondary N) is 1. The van der Waals surface area contributed by atoms with E-state index in [0.29, 0.717) is 138 Å². The number of carboxylic acid groups (broad SMARTS) is 1. The predicted octanol–water partition coefficient (Wildman–Crippen LogP) is 4.49. The van der Waals surface area contributed by atoms with Gasteiger partial charge in [0.05, 0.1) is 119 Å². The molecule has 0 aliphatic rings. The number of hydrogen-bond donors (Lipinski definition) is 2. The number of carbonyl (C=O) groups is 2. The highest BCUT2D eigenvalue weighted by molar-refractivity contribution is 5.80. The molecule has 0 bridgehead atoms. The van der Waals surface area contributed by atoms with Gasteiger partial charge < -0.3 is 57.8 Å². The second-order valence-electron chi connectivity index (χ2n) is 12.1. The van der Waals surface area contributed by atoms with Crippen molar-refractivity contribution < 1.29 is 62.1 Å². The van der Waals surface area contributed by atoms with Gasteiger partial charge in [-0.25, -0.2) is 0 Å². The lowest BCUT2D eigenvalue weighted by atomic mass is 10.0. The number of carboxylic acids is 1. The molecule has 0 aliphatic heterocycles. The molecule has 14 nitrogen and oxygen atoms in total. The molecule has 0 spiro atoms. The van der Waals surface area contributed by atoms with Crippen LogP contribution < -0.4 is 10.1 Å². The van der Waals surface area contributed by atoms with Gasteiger partial charge in [-0.2, -0.15) is 0 Å². The fraction of sp³-hybridized carbons (Fsp3) is 0.795. The molecular weight excluding hydrogens is 690 g/mol. The molecule has 0 atom stereocenters.